The molecule has 2 aromatic rings. The molecule has 3 heterocycles. The fourth-order valence-electron chi connectivity index (χ4n) is 3.30. The molecule has 4 rings (SSSR count). The standard InChI is InChI=1S/C18H19N3O4S/c22-18(19-12-14-5-4-10-25-14)13-7-8-15-16(11-13)26(23,24)20-17-6-2-1-3-9-21(15)17/h4-5,7-8,10-11H,1-3,6,9,12H2,(H,19,22). The number of hydrogen-bond donors (Lipinski definition) is 1. The average Bonchev–Trinajstić information content (AvgIpc) is 3.04. The predicted molar refractivity (Wildman–Crippen MR) is 96.8 cm³/mol. The molecule has 2 aliphatic heterocycles. The van der Waals surface area contributed by atoms with E-state index in [1.54, 1.807) is 24.3 Å². The molecule has 0 radical (unpaired) electrons. The SMILES string of the molecule is O=C(NCc1ccco1)c1ccc2c(c1)S(=O)(=O)N=C1CCCCCN12. The van der Waals surface area contributed by atoms with Gasteiger partial charge in [-0.3, -0.25) is 4.79 Å². The number of furan rings is 1. The van der Waals surface area contributed by atoms with Crippen molar-refractivity contribution in [3.8, 4) is 0 Å². The largest absolute Gasteiger partial charge is 0.467 e. The van der Waals surface area contributed by atoms with Gasteiger partial charge in [-0.25, -0.2) is 0 Å². The Morgan fingerprint density at radius 3 is 2.92 bits per heavy atom. The minimum absolute atomic E-state index is 0.0915. The van der Waals surface area contributed by atoms with Crippen LogP contribution < -0.4 is 10.2 Å². The van der Waals surface area contributed by atoms with Gasteiger partial charge in [-0.15, -0.1) is 4.40 Å². The molecule has 2 aliphatic rings. The van der Waals surface area contributed by atoms with Crippen molar-refractivity contribution in [3.63, 3.8) is 0 Å². The van der Waals surface area contributed by atoms with E-state index >= 15 is 0 Å². The molecule has 0 aliphatic carbocycles. The number of fused-ring (bicyclic) bond motifs is 3. The van der Waals surface area contributed by atoms with Crippen LogP contribution in [0, 0.1) is 0 Å². The minimum Gasteiger partial charge on any atom is -0.467 e. The number of rotatable bonds is 3. The van der Waals surface area contributed by atoms with Gasteiger partial charge in [0, 0.05) is 18.5 Å². The summed E-state index contributed by atoms with van der Waals surface area (Å²) in [5, 5.41) is 2.72. The van der Waals surface area contributed by atoms with Crippen molar-refractivity contribution in [1.82, 2.24) is 5.32 Å². The number of amides is 1. The molecule has 7 nitrogen and oxygen atoms in total. The molecule has 8 heteroatoms. The summed E-state index contributed by atoms with van der Waals surface area (Å²) >= 11 is 0. The summed E-state index contributed by atoms with van der Waals surface area (Å²) in [4.78, 5) is 14.4. The van der Waals surface area contributed by atoms with Crippen LogP contribution in [-0.4, -0.2) is 26.7 Å². The first-order valence-corrected chi connectivity index (χ1v) is 10.0. The molecule has 0 spiro atoms. The summed E-state index contributed by atoms with van der Waals surface area (Å²) in [6.45, 7) is 0.982. The van der Waals surface area contributed by atoms with Crippen LogP contribution in [0.3, 0.4) is 0 Å². The summed E-state index contributed by atoms with van der Waals surface area (Å²) in [5.41, 5.74) is 0.895. The lowest BCUT2D eigenvalue weighted by molar-refractivity contribution is 0.0948. The van der Waals surface area contributed by atoms with Crippen LogP contribution in [-0.2, 0) is 16.6 Å². The Kier molecular flexibility index (Phi) is 4.28. The maximum Gasteiger partial charge on any atom is 0.286 e. The second kappa shape index (κ2) is 6.60. The van der Waals surface area contributed by atoms with Gasteiger partial charge in [0.05, 0.1) is 18.5 Å². The van der Waals surface area contributed by atoms with Gasteiger partial charge in [0.25, 0.3) is 15.9 Å². The van der Waals surface area contributed by atoms with E-state index in [2.05, 4.69) is 9.71 Å². The zero-order chi connectivity index (χ0) is 18.1. The number of sulfonamides is 1. The summed E-state index contributed by atoms with van der Waals surface area (Å²) in [6, 6.07) is 8.26. The van der Waals surface area contributed by atoms with Crippen molar-refractivity contribution in [2.75, 3.05) is 11.4 Å². The third-order valence-corrected chi connectivity index (χ3v) is 5.95. The molecular formula is C18H19N3O4S. The Labute approximate surface area is 151 Å². The molecule has 1 N–H and O–H groups in total. The molecule has 136 valence electrons. The van der Waals surface area contributed by atoms with Crippen molar-refractivity contribution < 1.29 is 17.6 Å². The molecule has 0 unspecified atom stereocenters. The van der Waals surface area contributed by atoms with Gasteiger partial charge in [0.15, 0.2) is 0 Å². The fourth-order valence-corrected chi connectivity index (χ4v) is 4.59. The minimum atomic E-state index is -3.80. The molecule has 0 saturated carbocycles. The Morgan fingerprint density at radius 2 is 2.12 bits per heavy atom. The second-order valence-electron chi connectivity index (χ2n) is 6.39. The zero-order valence-electron chi connectivity index (χ0n) is 14.1. The highest BCUT2D eigenvalue weighted by molar-refractivity contribution is 7.90. The topological polar surface area (TPSA) is 92.0 Å². The van der Waals surface area contributed by atoms with Crippen molar-refractivity contribution >= 4 is 27.5 Å². The summed E-state index contributed by atoms with van der Waals surface area (Å²) < 4.78 is 34.4. The van der Waals surface area contributed by atoms with Gasteiger partial charge in [0.1, 0.15) is 16.5 Å². The van der Waals surface area contributed by atoms with E-state index in [1.165, 1.54) is 12.3 Å². The van der Waals surface area contributed by atoms with Crippen LogP contribution in [0.1, 0.15) is 41.8 Å². The number of hydrogen-bond acceptors (Lipinski definition) is 5. The van der Waals surface area contributed by atoms with Crippen LogP contribution >= 0.6 is 0 Å². The molecular weight excluding hydrogens is 354 g/mol. The quantitative estimate of drug-likeness (QED) is 0.893. The molecule has 1 fully saturated rings. The molecule has 26 heavy (non-hydrogen) atoms. The van der Waals surface area contributed by atoms with Crippen LogP contribution in [0.25, 0.3) is 0 Å². The van der Waals surface area contributed by atoms with Gasteiger partial charge < -0.3 is 14.6 Å². The summed E-state index contributed by atoms with van der Waals surface area (Å²) in [7, 11) is -3.80. The van der Waals surface area contributed by atoms with E-state index in [1.807, 2.05) is 4.90 Å². The van der Waals surface area contributed by atoms with E-state index in [0.29, 0.717) is 23.7 Å². The Bertz CT molecular complexity index is 964. The van der Waals surface area contributed by atoms with Crippen LogP contribution in [0.4, 0.5) is 5.69 Å². The highest BCUT2D eigenvalue weighted by Gasteiger charge is 2.32. The van der Waals surface area contributed by atoms with Gasteiger partial charge in [-0.05, 0) is 43.2 Å². The third kappa shape index (κ3) is 3.12. The van der Waals surface area contributed by atoms with Crippen LogP contribution in [0.2, 0.25) is 0 Å². The van der Waals surface area contributed by atoms with Crippen LogP contribution in [0.15, 0.2) is 50.3 Å². The van der Waals surface area contributed by atoms with Crippen molar-refractivity contribution in [1.29, 1.82) is 0 Å². The monoisotopic (exact) mass is 373 g/mol. The maximum atomic E-state index is 12.6. The molecule has 1 amide bonds. The zero-order valence-corrected chi connectivity index (χ0v) is 15.0. The first-order chi connectivity index (χ1) is 12.5. The molecule has 0 bridgehead atoms. The Morgan fingerprint density at radius 1 is 1.23 bits per heavy atom. The Hall–Kier alpha value is -2.61. The lowest BCUT2D eigenvalue weighted by atomic mass is 10.1. The lowest BCUT2D eigenvalue weighted by Gasteiger charge is -2.29. The molecule has 1 aromatic carbocycles. The maximum absolute atomic E-state index is 12.6. The van der Waals surface area contributed by atoms with Crippen molar-refractivity contribution in [3.05, 3.63) is 47.9 Å². The van der Waals surface area contributed by atoms with Crippen molar-refractivity contribution in [2.24, 2.45) is 4.40 Å². The first kappa shape index (κ1) is 16.8. The van der Waals surface area contributed by atoms with Gasteiger partial charge in [-0.1, -0.05) is 6.42 Å². The fraction of sp³-hybridized carbons (Fsp3) is 0.333. The van der Waals surface area contributed by atoms with Crippen LogP contribution in [0.5, 0.6) is 0 Å². The highest BCUT2D eigenvalue weighted by atomic mass is 32.2. The smallest absolute Gasteiger partial charge is 0.286 e. The number of anilines is 1. The van der Waals surface area contributed by atoms with Crippen molar-refractivity contribution in [2.45, 2.75) is 37.1 Å². The second-order valence-corrected chi connectivity index (χ2v) is 7.96. The Balaban J connectivity index is 1.63. The van der Waals surface area contributed by atoms with E-state index < -0.39 is 10.0 Å². The van der Waals surface area contributed by atoms with E-state index in [4.69, 9.17) is 4.42 Å². The number of amidine groups is 1. The highest BCUT2D eigenvalue weighted by Crippen LogP contribution is 2.34. The number of carbonyl (C=O) groups excluding carboxylic acids is 1. The molecule has 0 atom stereocenters. The normalized spacial score (nSPS) is 18.3. The number of nitrogens with one attached hydrogen (secondary N) is 1. The number of nitrogens with zero attached hydrogens (tertiary/aromatic N) is 2. The van der Waals surface area contributed by atoms with Gasteiger partial charge >= 0.3 is 0 Å². The van der Waals surface area contributed by atoms with E-state index in [9.17, 15) is 13.2 Å². The van der Waals surface area contributed by atoms with Gasteiger partial charge in [-0.2, -0.15) is 8.42 Å². The number of carbonyl (C=O) groups is 1. The number of benzene rings is 1. The van der Waals surface area contributed by atoms with E-state index in [-0.39, 0.29) is 22.9 Å². The first-order valence-electron chi connectivity index (χ1n) is 8.61. The lowest BCUT2D eigenvalue weighted by Crippen LogP contribution is -2.35. The summed E-state index contributed by atoms with van der Waals surface area (Å²) in [5.74, 6) is 0.873. The summed E-state index contributed by atoms with van der Waals surface area (Å²) in [6.07, 6.45) is 5.17. The van der Waals surface area contributed by atoms with E-state index in [0.717, 1.165) is 25.8 Å². The molecule has 1 aromatic heterocycles. The molecule has 1 saturated heterocycles. The predicted octanol–water partition coefficient (Wildman–Crippen LogP) is 2.69. The van der Waals surface area contributed by atoms with Gasteiger partial charge in [0.2, 0.25) is 0 Å². The average molecular weight is 373 g/mol. The third-order valence-electron chi connectivity index (χ3n) is 4.61.